The van der Waals surface area contributed by atoms with Gasteiger partial charge < -0.3 is 14.2 Å². The molecule has 0 aromatic carbocycles. The van der Waals surface area contributed by atoms with Crippen molar-refractivity contribution in [3.05, 3.63) is 65.7 Å². The van der Waals surface area contributed by atoms with Gasteiger partial charge in [0.05, 0.1) is 17.4 Å². The van der Waals surface area contributed by atoms with Crippen LogP contribution in [0.1, 0.15) is 52.8 Å². The lowest BCUT2D eigenvalue weighted by Gasteiger charge is -2.40. The summed E-state index contributed by atoms with van der Waals surface area (Å²) in [5, 5.41) is 0. The number of nitrogens with zero attached hydrogens (tertiary/aromatic N) is 5. The molecule has 34 heavy (non-hydrogen) atoms. The predicted octanol–water partition coefficient (Wildman–Crippen LogP) is 4.87. The Kier molecular flexibility index (Phi) is 8.31. The van der Waals surface area contributed by atoms with Crippen molar-refractivity contribution < 1.29 is 9.18 Å². The summed E-state index contributed by atoms with van der Waals surface area (Å²) in [6.45, 7) is 18.1. The molecule has 7 heteroatoms. The second-order valence-corrected chi connectivity index (χ2v) is 9.03. The Bertz CT molecular complexity index is 1110. The van der Waals surface area contributed by atoms with Crippen molar-refractivity contribution >= 4 is 17.1 Å². The second kappa shape index (κ2) is 11.0. The third-order valence-electron chi connectivity index (χ3n) is 6.34. The number of aryl methyl sites for hydroxylation is 1. The van der Waals surface area contributed by atoms with Crippen molar-refractivity contribution in [1.29, 1.82) is 0 Å². The summed E-state index contributed by atoms with van der Waals surface area (Å²) in [4.78, 5) is 23.9. The molecule has 4 rings (SSSR count). The molecule has 1 atom stereocenters. The van der Waals surface area contributed by atoms with E-state index in [4.69, 9.17) is 0 Å². The standard InChI is InChI=1S/C25H32FN5O.C2H6/c1-17(2)28-8-10-29(11-9-28)22-7-6-20(5)31(16-22)24(32)12-18(3)21-13-23(26)25-27-19(4)14-30(25)15-21;1-2/h6-7,12-17,20H,8-11H2,1-5H3;1-2H3/b18-12+;. The molecule has 6 nitrogen and oxygen atoms in total. The maximum Gasteiger partial charge on any atom is 0.251 e. The molecule has 0 N–H and O–H groups in total. The number of pyridine rings is 1. The molecule has 0 saturated carbocycles. The van der Waals surface area contributed by atoms with E-state index in [1.54, 1.807) is 21.6 Å². The first kappa shape index (κ1) is 25.7. The largest absolute Gasteiger partial charge is 0.368 e. The first-order chi connectivity index (χ1) is 16.2. The fourth-order valence-electron chi connectivity index (χ4n) is 4.32. The monoisotopic (exact) mass is 467 g/mol. The van der Waals surface area contributed by atoms with Gasteiger partial charge in [-0.25, -0.2) is 9.37 Å². The van der Waals surface area contributed by atoms with Crippen LogP contribution in [-0.2, 0) is 4.79 Å². The minimum atomic E-state index is -0.396. The van der Waals surface area contributed by atoms with E-state index in [2.05, 4.69) is 40.8 Å². The van der Waals surface area contributed by atoms with Crippen LogP contribution in [0.25, 0.3) is 11.2 Å². The molecule has 2 aromatic heterocycles. The van der Waals surface area contributed by atoms with E-state index in [0.717, 1.165) is 37.6 Å². The van der Waals surface area contributed by atoms with Gasteiger partial charge in [-0.15, -0.1) is 0 Å². The van der Waals surface area contributed by atoms with Crippen molar-refractivity contribution in [3.63, 3.8) is 0 Å². The van der Waals surface area contributed by atoms with Gasteiger partial charge in [-0.3, -0.25) is 9.69 Å². The van der Waals surface area contributed by atoms with Crippen LogP contribution in [-0.4, -0.2) is 68.3 Å². The molecular formula is C27H38FN5O. The minimum Gasteiger partial charge on any atom is -0.368 e. The van der Waals surface area contributed by atoms with Crippen molar-refractivity contribution in [2.75, 3.05) is 26.2 Å². The minimum absolute atomic E-state index is 0.0391. The Morgan fingerprint density at radius 3 is 2.50 bits per heavy atom. The zero-order chi connectivity index (χ0) is 25.0. The summed E-state index contributed by atoms with van der Waals surface area (Å²) in [6.07, 6.45) is 11.3. The van der Waals surface area contributed by atoms with E-state index in [-0.39, 0.29) is 11.9 Å². The first-order valence-corrected chi connectivity index (χ1v) is 12.3. The van der Waals surface area contributed by atoms with Gasteiger partial charge in [0, 0.05) is 56.9 Å². The number of hydrogen-bond acceptors (Lipinski definition) is 4. The number of allylic oxidation sites excluding steroid dienone is 2. The molecule has 4 heterocycles. The molecule has 0 aliphatic carbocycles. The predicted molar refractivity (Wildman–Crippen MR) is 137 cm³/mol. The third kappa shape index (κ3) is 5.58. The van der Waals surface area contributed by atoms with Gasteiger partial charge >= 0.3 is 0 Å². The lowest BCUT2D eigenvalue weighted by Crippen LogP contribution is -2.49. The molecule has 0 spiro atoms. The van der Waals surface area contributed by atoms with E-state index >= 15 is 0 Å². The quantitative estimate of drug-likeness (QED) is 0.602. The van der Waals surface area contributed by atoms with Crippen LogP contribution in [0.4, 0.5) is 4.39 Å². The SMILES string of the molecule is C/C(=C\C(=O)N1C=C(N2CCN(C(C)C)CC2)C=CC1C)c1cc(F)c2nc(C)cn2c1.CC. The Labute approximate surface area is 203 Å². The number of halogens is 1. The summed E-state index contributed by atoms with van der Waals surface area (Å²) in [5.41, 5.74) is 3.48. The van der Waals surface area contributed by atoms with Crippen LogP contribution in [0.3, 0.4) is 0 Å². The molecule has 2 aliphatic heterocycles. The Morgan fingerprint density at radius 1 is 1.18 bits per heavy atom. The highest BCUT2D eigenvalue weighted by atomic mass is 19.1. The molecule has 1 amide bonds. The highest BCUT2D eigenvalue weighted by molar-refractivity contribution is 5.96. The van der Waals surface area contributed by atoms with Gasteiger partial charge in [0.15, 0.2) is 11.5 Å². The number of amides is 1. The summed E-state index contributed by atoms with van der Waals surface area (Å²) < 4.78 is 16.1. The average Bonchev–Trinajstić information content (AvgIpc) is 3.21. The first-order valence-electron chi connectivity index (χ1n) is 12.3. The number of aromatic nitrogens is 2. The Morgan fingerprint density at radius 2 is 1.85 bits per heavy atom. The number of piperazine rings is 1. The normalized spacial score (nSPS) is 19.4. The van der Waals surface area contributed by atoms with Crippen molar-refractivity contribution in [2.45, 2.75) is 60.5 Å². The number of carbonyl (C=O) groups excluding carboxylic acids is 1. The lowest BCUT2D eigenvalue weighted by atomic mass is 10.1. The van der Waals surface area contributed by atoms with Crippen LogP contribution < -0.4 is 0 Å². The van der Waals surface area contributed by atoms with Crippen molar-refractivity contribution in [1.82, 2.24) is 24.1 Å². The Hall–Kier alpha value is -2.93. The zero-order valence-corrected chi connectivity index (χ0v) is 21.5. The van der Waals surface area contributed by atoms with Crippen LogP contribution in [0.15, 0.2) is 48.6 Å². The number of carbonyl (C=O) groups is 1. The maximum atomic E-state index is 14.5. The number of hydrogen-bond donors (Lipinski definition) is 0. The number of fused-ring (bicyclic) bond motifs is 1. The number of rotatable bonds is 4. The average molecular weight is 468 g/mol. The third-order valence-corrected chi connectivity index (χ3v) is 6.34. The lowest BCUT2D eigenvalue weighted by molar-refractivity contribution is -0.124. The van der Waals surface area contributed by atoms with Gasteiger partial charge in [0.2, 0.25) is 0 Å². The van der Waals surface area contributed by atoms with Gasteiger partial charge in [0.25, 0.3) is 5.91 Å². The van der Waals surface area contributed by atoms with E-state index in [9.17, 15) is 9.18 Å². The van der Waals surface area contributed by atoms with Crippen molar-refractivity contribution in [3.8, 4) is 0 Å². The van der Waals surface area contributed by atoms with Gasteiger partial charge in [-0.05, 0) is 57.9 Å². The van der Waals surface area contributed by atoms with Crippen LogP contribution in [0, 0.1) is 12.7 Å². The summed E-state index contributed by atoms with van der Waals surface area (Å²) in [7, 11) is 0. The van der Waals surface area contributed by atoms with Gasteiger partial charge in [0.1, 0.15) is 0 Å². The van der Waals surface area contributed by atoms with E-state index in [0.29, 0.717) is 22.8 Å². The molecule has 184 valence electrons. The molecule has 1 saturated heterocycles. The molecular weight excluding hydrogens is 429 g/mol. The molecule has 0 bridgehead atoms. The van der Waals surface area contributed by atoms with Gasteiger partial charge in [-0.1, -0.05) is 19.9 Å². The fourth-order valence-corrected chi connectivity index (χ4v) is 4.32. The second-order valence-electron chi connectivity index (χ2n) is 9.03. The van der Waals surface area contributed by atoms with E-state index < -0.39 is 5.82 Å². The van der Waals surface area contributed by atoms with E-state index in [1.165, 1.54) is 6.07 Å². The summed E-state index contributed by atoms with van der Waals surface area (Å²) >= 11 is 0. The molecule has 1 unspecified atom stereocenters. The highest BCUT2D eigenvalue weighted by Crippen LogP contribution is 2.22. The van der Waals surface area contributed by atoms with Crippen LogP contribution in [0.2, 0.25) is 0 Å². The summed E-state index contributed by atoms with van der Waals surface area (Å²) in [5.74, 6) is -0.507. The summed E-state index contributed by atoms with van der Waals surface area (Å²) in [6, 6.07) is 1.95. The van der Waals surface area contributed by atoms with Crippen molar-refractivity contribution in [2.24, 2.45) is 0 Å². The van der Waals surface area contributed by atoms with Gasteiger partial charge in [-0.2, -0.15) is 0 Å². The van der Waals surface area contributed by atoms with Crippen LogP contribution in [0.5, 0.6) is 0 Å². The molecule has 2 aromatic rings. The smallest absolute Gasteiger partial charge is 0.251 e. The van der Waals surface area contributed by atoms with Crippen LogP contribution >= 0.6 is 0 Å². The molecule has 2 aliphatic rings. The Balaban J connectivity index is 0.00000158. The number of imidazole rings is 1. The highest BCUT2D eigenvalue weighted by Gasteiger charge is 2.24. The zero-order valence-electron chi connectivity index (χ0n) is 21.5. The topological polar surface area (TPSA) is 44.1 Å². The molecule has 0 radical (unpaired) electrons. The van der Waals surface area contributed by atoms with E-state index in [1.807, 2.05) is 47.0 Å². The maximum absolute atomic E-state index is 14.5. The fraction of sp³-hybridized carbons (Fsp3) is 0.481. The molecule has 1 fully saturated rings.